The van der Waals surface area contributed by atoms with Gasteiger partial charge in [0, 0.05) is 5.69 Å². The molecular weight excluding hydrogens is 357 g/mol. The van der Waals surface area contributed by atoms with E-state index in [1.54, 1.807) is 6.07 Å². The van der Waals surface area contributed by atoms with Crippen molar-refractivity contribution < 1.29 is 19.2 Å². The Morgan fingerprint density at radius 3 is 2.26 bits per heavy atom. The van der Waals surface area contributed by atoms with E-state index < -0.39 is 22.4 Å². The first-order chi connectivity index (χ1) is 13.0. The normalized spacial score (nSPS) is 10.3. The standard InChI is InChI=1S/C17H12FN5O4/c18-12-3-1-2-4-13(12)22-16-14(23(26)27)15(19-9-20-16)21-11-7-5-10(6-8-11)17(24)25/h1-9H,(H,24,25)(H2,19,20,21,22). The molecule has 0 bridgehead atoms. The summed E-state index contributed by atoms with van der Waals surface area (Å²) in [6.45, 7) is 0. The van der Waals surface area contributed by atoms with Crippen molar-refractivity contribution in [3.05, 3.63) is 76.4 Å². The molecule has 0 spiro atoms. The fraction of sp³-hybridized carbons (Fsp3) is 0. The monoisotopic (exact) mass is 369 g/mol. The van der Waals surface area contributed by atoms with Crippen molar-refractivity contribution in [2.75, 3.05) is 10.6 Å². The zero-order valence-electron chi connectivity index (χ0n) is 13.6. The Kier molecular flexibility index (Phi) is 4.88. The van der Waals surface area contributed by atoms with Gasteiger partial charge >= 0.3 is 11.7 Å². The number of nitrogens with zero attached hydrogens (tertiary/aromatic N) is 3. The number of hydrogen-bond acceptors (Lipinski definition) is 7. The molecule has 3 rings (SSSR count). The van der Waals surface area contributed by atoms with Gasteiger partial charge in [-0.25, -0.2) is 19.2 Å². The number of carboxylic acid groups (broad SMARTS) is 1. The van der Waals surface area contributed by atoms with Gasteiger partial charge in [0.25, 0.3) is 0 Å². The topological polar surface area (TPSA) is 130 Å². The summed E-state index contributed by atoms with van der Waals surface area (Å²) in [4.78, 5) is 29.4. The number of nitro groups is 1. The number of carbonyl (C=O) groups is 1. The molecule has 0 fully saturated rings. The number of aromatic carboxylic acids is 1. The second kappa shape index (κ2) is 7.44. The van der Waals surface area contributed by atoms with Crippen LogP contribution in [0.3, 0.4) is 0 Å². The molecule has 1 heterocycles. The van der Waals surface area contributed by atoms with Crippen molar-refractivity contribution in [2.24, 2.45) is 0 Å². The van der Waals surface area contributed by atoms with Crippen molar-refractivity contribution >= 4 is 34.7 Å². The summed E-state index contributed by atoms with van der Waals surface area (Å²) in [5, 5.41) is 25.8. The first-order valence-corrected chi connectivity index (χ1v) is 7.57. The van der Waals surface area contributed by atoms with E-state index in [0.29, 0.717) is 5.69 Å². The maximum absolute atomic E-state index is 13.8. The third-order valence-electron chi connectivity index (χ3n) is 3.53. The lowest BCUT2D eigenvalue weighted by Gasteiger charge is -2.10. The maximum atomic E-state index is 13.8. The molecule has 0 aliphatic heterocycles. The van der Waals surface area contributed by atoms with Crippen LogP contribution in [-0.4, -0.2) is 26.0 Å². The average molecular weight is 369 g/mol. The lowest BCUT2D eigenvalue weighted by atomic mass is 10.2. The van der Waals surface area contributed by atoms with E-state index in [9.17, 15) is 19.3 Å². The molecule has 3 aromatic rings. The Labute approximate surface area is 151 Å². The molecule has 3 N–H and O–H groups in total. The van der Waals surface area contributed by atoms with Crippen LogP contribution in [0.4, 0.5) is 33.1 Å². The molecule has 2 aromatic carbocycles. The van der Waals surface area contributed by atoms with Gasteiger partial charge in [-0.1, -0.05) is 12.1 Å². The molecule has 136 valence electrons. The third-order valence-corrected chi connectivity index (χ3v) is 3.53. The van der Waals surface area contributed by atoms with Crippen molar-refractivity contribution in [1.29, 1.82) is 0 Å². The number of benzene rings is 2. The van der Waals surface area contributed by atoms with Gasteiger partial charge in [0.15, 0.2) is 0 Å². The predicted octanol–water partition coefficient (Wildman–Crippen LogP) is 3.71. The predicted molar refractivity (Wildman–Crippen MR) is 95.1 cm³/mol. The van der Waals surface area contributed by atoms with Gasteiger partial charge < -0.3 is 15.7 Å². The Morgan fingerprint density at radius 2 is 1.67 bits per heavy atom. The van der Waals surface area contributed by atoms with Crippen molar-refractivity contribution in [3.8, 4) is 0 Å². The second-order valence-electron chi connectivity index (χ2n) is 5.29. The van der Waals surface area contributed by atoms with Gasteiger partial charge in [0.05, 0.1) is 16.2 Å². The van der Waals surface area contributed by atoms with Crippen LogP contribution >= 0.6 is 0 Å². The molecule has 27 heavy (non-hydrogen) atoms. The summed E-state index contributed by atoms with van der Waals surface area (Å²) in [6, 6.07) is 11.3. The molecule has 0 saturated heterocycles. The summed E-state index contributed by atoms with van der Waals surface area (Å²) < 4.78 is 13.8. The molecule has 0 atom stereocenters. The highest BCUT2D eigenvalue weighted by atomic mass is 19.1. The maximum Gasteiger partial charge on any atom is 0.353 e. The number of para-hydroxylation sites is 1. The first kappa shape index (κ1) is 17.7. The van der Waals surface area contributed by atoms with Gasteiger partial charge in [0.2, 0.25) is 11.6 Å². The Hall–Kier alpha value is -4.08. The van der Waals surface area contributed by atoms with Gasteiger partial charge in [-0.2, -0.15) is 0 Å². The van der Waals surface area contributed by atoms with E-state index in [0.717, 1.165) is 6.33 Å². The lowest BCUT2D eigenvalue weighted by Crippen LogP contribution is -2.06. The van der Waals surface area contributed by atoms with Crippen molar-refractivity contribution in [1.82, 2.24) is 9.97 Å². The number of carboxylic acids is 1. The van der Waals surface area contributed by atoms with E-state index in [2.05, 4.69) is 20.6 Å². The smallest absolute Gasteiger partial charge is 0.353 e. The van der Waals surface area contributed by atoms with Gasteiger partial charge in [-0.3, -0.25) is 10.1 Å². The van der Waals surface area contributed by atoms with Crippen LogP contribution < -0.4 is 10.6 Å². The lowest BCUT2D eigenvalue weighted by molar-refractivity contribution is -0.383. The van der Waals surface area contributed by atoms with E-state index in [1.165, 1.54) is 42.5 Å². The molecular formula is C17H12FN5O4. The summed E-state index contributed by atoms with van der Waals surface area (Å²) >= 11 is 0. The number of anilines is 4. The van der Waals surface area contributed by atoms with Crippen LogP contribution in [0.2, 0.25) is 0 Å². The molecule has 10 heteroatoms. The van der Waals surface area contributed by atoms with Gasteiger partial charge in [-0.05, 0) is 36.4 Å². The highest BCUT2D eigenvalue weighted by Gasteiger charge is 2.24. The SMILES string of the molecule is O=C(O)c1ccc(Nc2ncnc(Nc3ccccc3F)c2[N+](=O)[O-])cc1. The molecule has 0 saturated carbocycles. The minimum atomic E-state index is -1.09. The number of hydrogen-bond donors (Lipinski definition) is 3. The van der Waals surface area contributed by atoms with E-state index in [-0.39, 0.29) is 22.9 Å². The zero-order valence-corrected chi connectivity index (χ0v) is 13.6. The largest absolute Gasteiger partial charge is 0.478 e. The highest BCUT2D eigenvalue weighted by Crippen LogP contribution is 2.33. The minimum absolute atomic E-state index is 0.0241. The van der Waals surface area contributed by atoms with Crippen LogP contribution in [0.15, 0.2) is 54.9 Å². The van der Waals surface area contributed by atoms with Crippen LogP contribution in [0.25, 0.3) is 0 Å². The third kappa shape index (κ3) is 3.95. The highest BCUT2D eigenvalue weighted by molar-refractivity contribution is 5.88. The van der Waals surface area contributed by atoms with Gasteiger partial charge in [0.1, 0.15) is 12.1 Å². The number of halogens is 1. The number of rotatable bonds is 6. The molecule has 0 radical (unpaired) electrons. The Balaban J connectivity index is 1.95. The molecule has 0 aliphatic carbocycles. The molecule has 0 unspecified atom stereocenters. The fourth-order valence-electron chi connectivity index (χ4n) is 2.26. The quantitative estimate of drug-likeness (QED) is 0.443. The van der Waals surface area contributed by atoms with Crippen LogP contribution in [0, 0.1) is 15.9 Å². The summed E-state index contributed by atoms with van der Waals surface area (Å²) in [6.07, 6.45) is 1.09. The summed E-state index contributed by atoms with van der Waals surface area (Å²) in [5.41, 5.74) is -0.00240. The Bertz CT molecular complexity index is 1010. The fourth-order valence-corrected chi connectivity index (χ4v) is 2.26. The van der Waals surface area contributed by atoms with Gasteiger partial charge in [-0.15, -0.1) is 0 Å². The number of aromatic nitrogens is 2. The minimum Gasteiger partial charge on any atom is -0.478 e. The number of nitrogens with one attached hydrogen (secondary N) is 2. The molecule has 1 aromatic heterocycles. The van der Waals surface area contributed by atoms with Crippen molar-refractivity contribution in [3.63, 3.8) is 0 Å². The van der Waals surface area contributed by atoms with E-state index in [4.69, 9.17) is 5.11 Å². The zero-order chi connectivity index (χ0) is 19.4. The summed E-state index contributed by atoms with van der Waals surface area (Å²) in [5.74, 6) is -2.00. The molecule has 9 nitrogen and oxygen atoms in total. The van der Waals surface area contributed by atoms with Crippen LogP contribution in [0.5, 0.6) is 0 Å². The van der Waals surface area contributed by atoms with Crippen molar-refractivity contribution in [2.45, 2.75) is 0 Å². The van der Waals surface area contributed by atoms with Crippen LogP contribution in [0.1, 0.15) is 10.4 Å². The molecule has 0 aliphatic rings. The second-order valence-corrected chi connectivity index (χ2v) is 5.29. The average Bonchev–Trinajstić information content (AvgIpc) is 2.64. The van der Waals surface area contributed by atoms with E-state index in [1.807, 2.05) is 0 Å². The van der Waals surface area contributed by atoms with Crippen LogP contribution in [-0.2, 0) is 0 Å². The van der Waals surface area contributed by atoms with E-state index >= 15 is 0 Å². The molecule has 0 amide bonds. The first-order valence-electron chi connectivity index (χ1n) is 7.57. The summed E-state index contributed by atoms with van der Waals surface area (Å²) in [7, 11) is 0. The Morgan fingerprint density at radius 1 is 1.04 bits per heavy atom.